The Morgan fingerprint density at radius 2 is 2.09 bits per heavy atom. The van der Waals surface area contributed by atoms with E-state index in [1.807, 2.05) is 0 Å². The molecular formula is C4H5Cl2N3O2. The highest BCUT2D eigenvalue weighted by molar-refractivity contribution is 6.84. The van der Waals surface area contributed by atoms with Gasteiger partial charge in [-0.3, -0.25) is 4.79 Å². The van der Waals surface area contributed by atoms with Crippen molar-refractivity contribution in [2.24, 2.45) is 10.8 Å². The fourth-order valence-corrected chi connectivity index (χ4v) is 0.526. The highest BCUT2D eigenvalue weighted by Gasteiger charge is 2.05. The molecule has 0 radical (unpaired) electrons. The van der Waals surface area contributed by atoms with Gasteiger partial charge in [0.25, 0.3) is 0 Å². The van der Waals surface area contributed by atoms with Gasteiger partial charge in [-0.2, -0.15) is 5.10 Å². The van der Waals surface area contributed by atoms with Gasteiger partial charge in [-0.25, -0.2) is 10.2 Å². The van der Waals surface area contributed by atoms with Gasteiger partial charge >= 0.3 is 6.03 Å². The maximum atomic E-state index is 10.5. The number of hydrogen-bond donors (Lipinski definition) is 2. The van der Waals surface area contributed by atoms with E-state index in [1.165, 1.54) is 0 Å². The number of amides is 2. The van der Waals surface area contributed by atoms with Crippen LogP contribution in [0.25, 0.3) is 0 Å². The van der Waals surface area contributed by atoms with E-state index >= 15 is 0 Å². The van der Waals surface area contributed by atoms with Gasteiger partial charge in [-0.1, -0.05) is 11.6 Å². The number of carbonyl (C=O) groups excluding carboxylic acids is 2. The zero-order valence-corrected chi connectivity index (χ0v) is 6.82. The second kappa shape index (κ2) is 4.92. The number of halogens is 2. The average molecular weight is 198 g/mol. The van der Waals surface area contributed by atoms with Crippen LogP contribution >= 0.6 is 23.2 Å². The van der Waals surface area contributed by atoms with Crippen molar-refractivity contribution in [1.82, 2.24) is 5.43 Å². The van der Waals surface area contributed by atoms with Gasteiger partial charge in [-0.05, 0) is 0 Å². The first-order valence-corrected chi connectivity index (χ1v) is 3.37. The van der Waals surface area contributed by atoms with Crippen LogP contribution in [0.2, 0.25) is 0 Å². The van der Waals surface area contributed by atoms with E-state index in [-0.39, 0.29) is 5.88 Å². The predicted octanol–water partition coefficient (Wildman–Crippen LogP) is 0.0149. The molecule has 0 atom stereocenters. The number of primary amides is 1. The third-order valence-corrected chi connectivity index (χ3v) is 1.15. The second-order valence-corrected chi connectivity index (χ2v) is 2.06. The number of carbonyl (C=O) groups is 2. The van der Waals surface area contributed by atoms with E-state index in [4.69, 9.17) is 23.2 Å². The summed E-state index contributed by atoms with van der Waals surface area (Å²) in [4.78, 5) is 20.6. The molecule has 11 heavy (non-hydrogen) atoms. The maximum absolute atomic E-state index is 10.5. The molecule has 0 aromatic heterocycles. The van der Waals surface area contributed by atoms with Crippen LogP contribution in [0.15, 0.2) is 5.10 Å². The highest BCUT2D eigenvalue weighted by Crippen LogP contribution is 1.89. The molecule has 2 amide bonds. The van der Waals surface area contributed by atoms with E-state index in [9.17, 15) is 9.59 Å². The molecule has 0 aromatic rings. The standard InChI is InChI=1S/C4H5Cl2N3O2/c5-1-2(10)3(6)8-9-4(7)11/h1H2,(H3,7,9,11)/b8-3-. The third-order valence-electron chi connectivity index (χ3n) is 0.616. The summed E-state index contributed by atoms with van der Waals surface area (Å²) in [7, 11) is 0. The monoisotopic (exact) mass is 197 g/mol. The maximum Gasteiger partial charge on any atom is 0.332 e. The van der Waals surface area contributed by atoms with Gasteiger partial charge in [0.1, 0.15) is 0 Å². The minimum Gasteiger partial charge on any atom is -0.350 e. The molecule has 0 fully saturated rings. The molecule has 0 saturated heterocycles. The SMILES string of the molecule is NC(=O)N/N=C(\Cl)C(=O)CCl. The Hall–Kier alpha value is -0.810. The third kappa shape index (κ3) is 4.58. The van der Waals surface area contributed by atoms with Crippen LogP contribution in [0.3, 0.4) is 0 Å². The summed E-state index contributed by atoms with van der Waals surface area (Å²) >= 11 is 10.3. The minimum atomic E-state index is -0.898. The van der Waals surface area contributed by atoms with Crippen molar-refractivity contribution in [1.29, 1.82) is 0 Å². The van der Waals surface area contributed by atoms with Crippen LogP contribution < -0.4 is 11.2 Å². The summed E-state index contributed by atoms with van der Waals surface area (Å²) < 4.78 is 0. The number of rotatable bonds is 3. The molecule has 0 aliphatic heterocycles. The summed E-state index contributed by atoms with van der Waals surface area (Å²) in [5, 5.41) is 2.71. The molecule has 0 heterocycles. The first kappa shape index (κ1) is 10.2. The van der Waals surface area contributed by atoms with Crippen molar-refractivity contribution >= 4 is 40.2 Å². The largest absolute Gasteiger partial charge is 0.350 e. The lowest BCUT2D eigenvalue weighted by Crippen LogP contribution is -2.26. The zero-order valence-electron chi connectivity index (χ0n) is 5.30. The number of ketones is 1. The highest BCUT2D eigenvalue weighted by atomic mass is 35.5. The molecule has 5 nitrogen and oxygen atoms in total. The lowest BCUT2D eigenvalue weighted by molar-refractivity contribution is -0.110. The molecule has 0 bridgehead atoms. The Morgan fingerprint density at radius 3 is 2.45 bits per heavy atom. The number of nitrogens with one attached hydrogen (secondary N) is 1. The summed E-state index contributed by atoms with van der Waals surface area (Å²) in [5.74, 6) is -0.870. The Labute approximate surface area is 72.5 Å². The van der Waals surface area contributed by atoms with Crippen LogP contribution in [-0.2, 0) is 4.79 Å². The molecule has 0 spiro atoms. The van der Waals surface area contributed by atoms with Gasteiger partial charge in [-0.15, -0.1) is 11.6 Å². The second-order valence-electron chi connectivity index (χ2n) is 1.44. The zero-order chi connectivity index (χ0) is 8.85. The molecule has 0 aliphatic rings. The number of hydrogen-bond acceptors (Lipinski definition) is 3. The number of Topliss-reactive ketones (excluding diaryl/α,β-unsaturated/α-hetero) is 1. The summed E-state index contributed by atoms with van der Waals surface area (Å²) in [6, 6.07) is -0.898. The Kier molecular flexibility index (Phi) is 4.56. The summed E-state index contributed by atoms with van der Waals surface area (Å²) in [6.07, 6.45) is 0. The molecule has 0 unspecified atom stereocenters. The first-order valence-electron chi connectivity index (χ1n) is 2.45. The molecule has 7 heteroatoms. The Bertz CT molecular complexity index is 204. The fraction of sp³-hybridized carbons (Fsp3) is 0.250. The normalized spacial score (nSPS) is 10.9. The lowest BCUT2D eigenvalue weighted by Gasteiger charge is -1.92. The van der Waals surface area contributed by atoms with Crippen molar-refractivity contribution in [3.8, 4) is 0 Å². The van der Waals surface area contributed by atoms with Crippen molar-refractivity contribution in [2.75, 3.05) is 5.88 Å². The van der Waals surface area contributed by atoms with E-state index in [0.717, 1.165) is 0 Å². The van der Waals surface area contributed by atoms with Crippen molar-refractivity contribution in [2.45, 2.75) is 0 Å². The van der Waals surface area contributed by atoms with Gasteiger partial charge in [0.2, 0.25) is 5.78 Å². The number of nitrogens with zero attached hydrogens (tertiary/aromatic N) is 1. The number of nitrogens with two attached hydrogens (primary N) is 1. The lowest BCUT2D eigenvalue weighted by atomic mass is 10.5. The van der Waals surface area contributed by atoms with Gasteiger partial charge in [0.05, 0.1) is 5.88 Å². The quantitative estimate of drug-likeness (QED) is 0.380. The van der Waals surface area contributed by atoms with Crippen molar-refractivity contribution < 1.29 is 9.59 Å². The first-order chi connectivity index (χ1) is 5.07. The van der Waals surface area contributed by atoms with Crippen molar-refractivity contribution in [3.63, 3.8) is 0 Å². The predicted molar refractivity (Wildman–Crippen MR) is 41.7 cm³/mol. The van der Waals surface area contributed by atoms with Crippen LogP contribution in [0.5, 0.6) is 0 Å². The minimum absolute atomic E-state index is 0.289. The Balaban J connectivity index is 4.00. The van der Waals surface area contributed by atoms with Crippen LogP contribution in [-0.4, -0.2) is 22.9 Å². The summed E-state index contributed by atoms with van der Waals surface area (Å²) in [5.41, 5.74) is 6.40. The van der Waals surface area contributed by atoms with E-state index in [0.29, 0.717) is 0 Å². The van der Waals surface area contributed by atoms with Crippen LogP contribution in [0.1, 0.15) is 0 Å². The molecule has 0 saturated carbocycles. The molecule has 0 aromatic carbocycles. The molecule has 0 aliphatic carbocycles. The Morgan fingerprint density at radius 1 is 1.55 bits per heavy atom. The van der Waals surface area contributed by atoms with Crippen molar-refractivity contribution in [3.05, 3.63) is 0 Å². The molecular weight excluding hydrogens is 193 g/mol. The smallest absolute Gasteiger partial charge is 0.332 e. The average Bonchev–Trinajstić information content (AvgIpc) is 1.98. The fourth-order valence-electron chi connectivity index (χ4n) is 0.222. The number of hydrazone groups is 1. The van der Waals surface area contributed by atoms with Crippen LogP contribution in [0.4, 0.5) is 4.79 Å². The topological polar surface area (TPSA) is 84.6 Å². The molecule has 0 rings (SSSR count). The van der Waals surface area contributed by atoms with E-state index in [1.54, 1.807) is 5.43 Å². The molecule has 3 N–H and O–H groups in total. The number of alkyl halides is 1. The van der Waals surface area contributed by atoms with Crippen LogP contribution in [0, 0.1) is 0 Å². The van der Waals surface area contributed by atoms with Gasteiger partial charge in [0, 0.05) is 0 Å². The summed E-state index contributed by atoms with van der Waals surface area (Å²) in [6.45, 7) is 0. The number of urea groups is 1. The van der Waals surface area contributed by atoms with E-state index < -0.39 is 17.0 Å². The molecule has 62 valence electrons. The van der Waals surface area contributed by atoms with Gasteiger partial charge in [0.15, 0.2) is 5.17 Å². The van der Waals surface area contributed by atoms with E-state index in [2.05, 4.69) is 10.8 Å². The van der Waals surface area contributed by atoms with Gasteiger partial charge < -0.3 is 5.73 Å².